The maximum atomic E-state index is 12.3. The van der Waals surface area contributed by atoms with Crippen LogP contribution in [0.15, 0.2) is 24.3 Å². The molecule has 1 aliphatic rings. The molecule has 1 aliphatic heterocycles. The van der Waals surface area contributed by atoms with Gasteiger partial charge in [-0.1, -0.05) is 26.0 Å². The number of halogens is 1. The molecule has 2 rings (SSSR count). The smallest absolute Gasteiger partial charge is 0.253 e. The van der Waals surface area contributed by atoms with E-state index < -0.39 is 0 Å². The third kappa shape index (κ3) is 3.71. The van der Waals surface area contributed by atoms with Gasteiger partial charge in [-0.3, -0.25) is 4.79 Å². The molecule has 4 heteroatoms. The first-order valence-electron chi connectivity index (χ1n) is 6.68. The average molecular weight is 283 g/mol. The Labute approximate surface area is 121 Å². The van der Waals surface area contributed by atoms with E-state index in [9.17, 15) is 4.79 Å². The van der Waals surface area contributed by atoms with Crippen LogP contribution >= 0.6 is 12.4 Å². The van der Waals surface area contributed by atoms with Gasteiger partial charge < -0.3 is 10.2 Å². The lowest BCUT2D eigenvalue weighted by atomic mass is 10.0. The quantitative estimate of drug-likeness (QED) is 0.924. The van der Waals surface area contributed by atoms with Gasteiger partial charge >= 0.3 is 0 Å². The number of hydrogen-bond acceptors (Lipinski definition) is 2. The Morgan fingerprint density at radius 3 is 2.42 bits per heavy atom. The van der Waals surface area contributed by atoms with Gasteiger partial charge in [0.05, 0.1) is 0 Å². The van der Waals surface area contributed by atoms with Gasteiger partial charge in [-0.15, -0.1) is 12.4 Å². The summed E-state index contributed by atoms with van der Waals surface area (Å²) in [5.74, 6) is 0.665. The zero-order valence-corrected chi connectivity index (χ0v) is 12.7. The van der Waals surface area contributed by atoms with E-state index in [2.05, 4.69) is 31.3 Å². The van der Waals surface area contributed by atoms with E-state index in [1.165, 1.54) is 5.56 Å². The molecular weight excluding hydrogens is 260 g/mol. The fourth-order valence-electron chi connectivity index (χ4n) is 2.37. The monoisotopic (exact) mass is 282 g/mol. The van der Waals surface area contributed by atoms with Crippen LogP contribution in [0.5, 0.6) is 0 Å². The highest BCUT2D eigenvalue weighted by molar-refractivity contribution is 5.94. The van der Waals surface area contributed by atoms with Crippen molar-refractivity contribution in [1.82, 2.24) is 10.2 Å². The van der Waals surface area contributed by atoms with Crippen molar-refractivity contribution in [2.24, 2.45) is 0 Å². The third-order valence-corrected chi connectivity index (χ3v) is 3.71. The van der Waals surface area contributed by atoms with E-state index in [1.807, 2.05) is 24.1 Å². The summed E-state index contributed by atoms with van der Waals surface area (Å²) in [6.07, 6.45) is 1.05. The van der Waals surface area contributed by atoms with Crippen molar-refractivity contribution in [2.45, 2.75) is 32.2 Å². The highest BCUT2D eigenvalue weighted by Gasteiger charge is 2.25. The Balaban J connectivity index is 0.00000180. The van der Waals surface area contributed by atoms with Gasteiger partial charge in [-0.25, -0.2) is 0 Å². The highest BCUT2D eigenvalue weighted by Crippen LogP contribution is 2.17. The van der Waals surface area contributed by atoms with E-state index in [0.717, 1.165) is 25.1 Å². The molecule has 0 aromatic heterocycles. The number of carbonyl (C=O) groups is 1. The number of carbonyl (C=O) groups excluding carboxylic acids is 1. The SMILES string of the molecule is CNC1CCN(C(=O)c2ccc(C(C)C)cc2)C1.Cl. The average Bonchev–Trinajstić information content (AvgIpc) is 2.86. The van der Waals surface area contributed by atoms with Crippen molar-refractivity contribution in [3.05, 3.63) is 35.4 Å². The van der Waals surface area contributed by atoms with Gasteiger partial charge in [0.15, 0.2) is 0 Å². The Kier molecular flexibility index (Phi) is 5.83. The Bertz CT molecular complexity index is 417. The Morgan fingerprint density at radius 1 is 1.32 bits per heavy atom. The minimum absolute atomic E-state index is 0. The maximum absolute atomic E-state index is 12.3. The van der Waals surface area contributed by atoms with E-state index in [1.54, 1.807) is 0 Å². The highest BCUT2D eigenvalue weighted by atomic mass is 35.5. The fraction of sp³-hybridized carbons (Fsp3) is 0.533. The summed E-state index contributed by atoms with van der Waals surface area (Å²) in [4.78, 5) is 14.2. The topological polar surface area (TPSA) is 32.3 Å². The van der Waals surface area contributed by atoms with Crippen LogP contribution in [0.4, 0.5) is 0 Å². The molecule has 1 unspecified atom stereocenters. The molecule has 1 heterocycles. The summed E-state index contributed by atoms with van der Waals surface area (Å²) in [5, 5.41) is 3.23. The van der Waals surface area contributed by atoms with E-state index in [-0.39, 0.29) is 18.3 Å². The van der Waals surface area contributed by atoms with E-state index in [4.69, 9.17) is 0 Å². The largest absolute Gasteiger partial charge is 0.337 e. The lowest BCUT2D eigenvalue weighted by Crippen LogP contribution is -2.33. The minimum Gasteiger partial charge on any atom is -0.337 e. The summed E-state index contributed by atoms with van der Waals surface area (Å²) >= 11 is 0. The second-order valence-corrected chi connectivity index (χ2v) is 5.30. The van der Waals surface area contributed by atoms with Crippen LogP contribution < -0.4 is 5.32 Å². The molecule has 0 radical (unpaired) electrons. The summed E-state index contributed by atoms with van der Waals surface area (Å²) in [7, 11) is 1.95. The molecule has 1 N–H and O–H groups in total. The predicted octanol–water partition coefficient (Wildman–Crippen LogP) is 2.67. The molecule has 0 aliphatic carbocycles. The predicted molar refractivity (Wildman–Crippen MR) is 81.1 cm³/mol. The first-order chi connectivity index (χ1) is 8.61. The second kappa shape index (κ2) is 6.92. The molecule has 0 saturated carbocycles. The van der Waals surface area contributed by atoms with Crippen LogP contribution in [0.25, 0.3) is 0 Å². The number of likely N-dealkylation sites (tertiary alicyclic amines) is 1. The molecule has 1 amide bonds. The van der Waals surface area contributed by atoms with Crippen LogP contribution in [-0.4, -0.2) is 37.0 Å². The number of amides is 1. The first kappa shape index (κ1) is 16.0. The standard InChI is InChI=1S/C15H22N2O.ClH/c1-11(2)12-4-6-13(7-5-12)15(18)17-9-8-14(10-17)16-3;/h4-7,11,14,16H,8-10H2,1-3H3;1H. The Morgan fingerprint density at radius 2 is 1.95 bits per heavy atom. The van der Waals surface area contributed by atoms with Gasteiger partial charge in [-0.05, 0) is 37.1 Å². The summed E-state index contributed by atoms with van der Waals surface area (Å²) in [5.41, 5.74) is 2.08. The van der Waals surface area contributed by atoms with Gasteiger partial charge in [-0.2, -0.15) is 0 Å². The van der Waals surface area contributed by atoms with Crippen molar-refractivity contribution >= 4 is 18.3 Å². The first-order valence-corrected chi connectivity index (χ1v) is 6.68. The number of nitrogens with one attached hydrogen (secondary N) is 1. The lowest BCUT2D eigenvalue weighted by Gasteiger charge is -2.17. The van der Waals surface area contributed by atoms with Crippen molar-refractivity contribution < 1.29 is 4.79 Å². The van der Waals surface area contributed by atoms with Gasteiger partial charge in [0.1, 0.15) is 0 Å². The van der Waals surface area contributed by atoms with Crippen LogP contribution in [0.3, 0.4) is 0 Å². The van der Waals surface area contributed by atoms with Gasteiger partial charge in [0.25, 0.3) is 5.91 Å². The fourth-order valence-corrected chi connectivity index (χ4v) is 2.37. The van der Waals surface area contributed by atoms with Crippen molar-refractivity contribution in [3.63, 3.8) is 0 Å². The number of hydrogen-bond donors (Lipinski definition) is 1. The summed E-state index contributed by atoms with van der Waals surface area (Å²) in [6, 6.07) is 8.46. The van der Waals surface area contributed by atoms with Gasteiger partial charge in [0, 0.05) is 24.7 Å². The Hall–Kier alpha value is -1.06. The molecule has 1 atom stereocenters. The number of benzene rings is 1. The van der Waals surface area contributed by atoms with Crippen molar-refractivity contribution in [1.29, 1.82) is 0 Å². The number of rotatable bonds is 3. The molecule has 1 fully saturated rings. The lowest BCUT2D eigenvalue weighted by molar-refractivity contribution is 0.0789. The van der Waals surface area contributed by atoms with Gasteiger partial charge in [0.2, 0.25) is 0 Å². The number of likely N-dealkylation sites (N-methyl/N-ethyl adjacent to an activating group) is 1. The summed E-state index contributed by atoms with van der Waals surface area (Å²) in [6.45, 7) is 6.00. The zero-order valence-electron chi connectivity index (χ0n) is 11.8. The van der Waals surface area contributed by atoms with Crippen LogP contribution in [0.1, 0.15) is 42.1 Å². The summed E-state index contributed by atoms with van der Waals surface area (Å²) < 4.78 is 0. The van der Waals surface area contributed by atoms with Crippen LogP contribution in [-0.2, 0) is 0 Å². The molecule has 0 spiro atoms. The van der Waals surface area contributed by atoms with E-state index >= 15 is 0 Å². The molecule has 19 heavy (non-hydrogen) atoms. The molecule has 1 aromatic rings. The maximum Gasteiger partial charge on any atom is 0.253 e. The molecule has 3 nitrogen and oxygen atoms in total. The zero-order chi connectivity index (χ0) is 13.1. The van der Waals surface area contributed by atoms with Crippen LogP contribution in [0.2, 0.25) is 0 Å². The van der Waals surface area contributed by atoms with E-state index in [0.29, 0.717) is 12.0 Å². The number of nitrogens with zero attached hydrogens (tertiary/aromatic N) is 1. The minimum atomic E-state index is 0. The third-order valence-electron chi connectivity index (χ3n) is 3.71. The van der Waals surface area contributed by atoms with Crippen molar-refractivity contribution in [3.8, 4) is 0 Å². The molecule has 1 saturated heterocycles. The normalized spacial score (nSPS) is 18.5. The molecule has 106 valence electrons. The molecular formula is C15H23ClN2O. The second-order valence-electron chi connectivity index (χ2n) is 5.30. The molecule has 0 bridgehead atoms. The van der Waals surface area contributed by atoms with Crippen LogP contribution in [0, 0.1) is 0 Å². The molecule has 1 aromatic carbocycles. The van der Waals surface area contributed by atoms with Crippen molar-refractivity contribution in [2.75, 3.05) is 20.1 Å².